The Morgan fingerprint density at radius 2 is 2.30 bits per heavy atom. The molecule has 5 nitrogen and oxygen atoms in total. The third-order valence-electron chi connectivity index (χ3n) is 2.85. The van der Waals surface area contributed by atoms with E-state index in [0.29, 0.717) is 22.4 Å². The maximum absolute atomic E-state index is 12.7. The molecule has 2 rings (SSSR count). The molecule has 0 aromatic carbocycles. The number of carbonyl (C=O) groups is 1. The molecule has 3 N–H and O–H groups in total. The number of anilines is 2. The van der Waals surface area contributed by atoms with Gasteiger partial charge in [-0.05, 0) is 25.3 Å². The number of nitrogens with two attached hydrogens (primary N) is 1. The van der Waals surface area contributed by atoms with Gasteiger partial charge in [0.15, 0.2) is 5.13 Å². The predicted octanol–water partition coefficient (Wildman–Crippen LogP) is 2.88. The molecule has 0 saturated heterocycles. The van der Waals surface area contributed by atoms with Crippen molar-refractivity contribution in [1.29, 1.82) is 0 Å². The van der Waals surface area contributed by atoms with E-state index < -0.39 is 0 Å². The molecule has 0 radical (unpaired) electrons. The summed E-state index contributed by atoms with van der Waals surface area (Å²) in [7, 11) is 1.76. The fourth-order valence-corrected chi connectivity index (χ4v) is 3.28. The van der Waals surface area contributed by atoms with Crippen LogP contribution in [0.2, 0.25) is 0 Å². The zero-order chi connectivity index (χ0) is 14.7. The van der Waals surface area contributed by atoms with E-state index >= 15 is 0 Å². The highest BCUT2D eigenvalue weighted by molar-refractivity contribution is 7.18. The summed E-state index contributed by atoms with van der Waals surface area (Å²) >= 11 is 2.94. The average molecular weight is 310 g/mol. The molecule has 1 amide bonds. The van der Waals surface area contributed by atoms with Crippen LogP contribution in [0.1, 0.15) is 28.4 Å². The van der Waals surface area contributed by atoms with Crippen molar-refractivity contribution < 1.29 is 4.79 Å². The van der Waals surface area contributed by atoms with E-state index in [0.717, 1.165) is 4.88 Å². The fourth-order valence-electron chi connectivity index (χ4n) is 1.78. The van der Waals surface area contributed by atoms with Crippen LogP contribution in [0.5, 0.6) is 0 Å². The second-order valence-corrected chi connectivity index (χ2v) is 6.62. The Kier molecular flexibility index (Phi) is 4.61. The van der Waals surface area contributed by atoms with Crippen LogP contribution in [0, 0.1) is 0 Å². The fraction of sp³-hybridized carbons (Fsp3) is 0.385. The highest BCUT2D eigenvalue weighted by atomic mass is 32.1. The van der Waals surface area contributed by atoms with Gasteiger partial charge in [0.25, 0.3) is 5.91 Å². The van der Waals surface area contributed by atoms with E-state index in [9.17, 15) is 4.79 Å². The predicted molar refractivity (Wildman–Crippen MR) is 85.4 cm³/mol. The van der Waals surface area contributed by atoms with Gasteiger partial charge in [-0.1, -0.05) is 17.4 Å². The van der Waals surface area contributed by atoms with E-state index in [1.54, 1.807) is 18.4 Å². The first-order chi connectivity index (χ1) is 9.52. The number of carbonyl (C=O) groups excluding carboxylic acids is 1. The molecule has 0 aliphatic rings. The summed E-state index contributed by atoms with van der Waals surface area (Å²) < 4.78 is 0. The molecule has 0 unspecified atom stereocenters. The van der Waals surface area contributed by atoms with Crippen LogP contribution in [-0.4, -0.2) is 28.9 Å². The molecule has 2 heterocycles. The van der Waals surface area contributed by atoms with Gasteiger partial charge in [-0.15, -0.1) is 11.3 Å². The van der Waals surface area contributed by atoms with Crippen molar-refractivity contribution in [2.45, 2.75) is 26.4 Å². The number of hydrogen-bond acceptors (Lipinski definition) is 6. The number of amides is 1. The summed E-state index contributed by atoms with van der Waals surface area (Å²) in [5.74, 6) is 0.228. The van der Waals surface area contributed by atoms with Gasteiger partial charge in [0.2, 0.25) is 0 Å². The first kappa shape index (κ1) is 14.8. The molecule has 0 bridgehead atoms. The minimum absolute atomic E-state index is 0.0649. The first-order valence-corrected chi connectivity index (χ1v) is 8.00. The zero-order valence-electron chi connectivity index (χ0n) is 11.7. The highest BCUT2D eigenvalue weighted by Crippen LogP contribution is 2.27. The lowest BCUT2D eigenvalue weighted by molar-refractivity contribution is 0.0698. The van der Waals surface area contributed by atoms with Crippen LogP contribution in [0.3, 0.4) is 0 Å². The molecule has 7 heteroatoms. The van der Waals surface area contributed by atoms with E-state index in [-0.39, 0.29) is 11.9 Å². The van der Waals surface area contributed by atoms with Gasteiger partial charge in [0, 0.05) is 18.0 Å². The standard InChI is InChI=1S/C13H18N4OS2/c1-8(2)17(7-9-5-4-6-19-9)12(18)10-11(14)16-13(15-3)20-10/h4-6,8H,7,14H2,1-3H3,(H,15,16). The van der Waals surface area contributed by atoms with Crippen LogP contribution < -0.4 is 11.1 Å². The number of thiophene rings is 1. The summed E-state index contributed by atoms with van der Waals surface area (Å²) in [6.07, 6.45) is 0. The maximum atomic E-state index is 12.7. The molecule has 2 aromatic heterocycles. The van der Waals surface area contributed by atoms with E-state index in [2.05, 4.69) is 10.3 Å². The smallest absolute Gasteiger partial charge is 0.268 e. The Morgan fingerprint density at radius 3 is 2.80 bits per heavy atom. The van der Waals surface area contributed by atoms with E-state index in [1.807, 2.05) is 36.3 Å². The second-order valence-electron chi connectivity index (χ2n) is 4.59. The van der Waals surface area contributed by atoms with Crippen molar-refractivity contribution in [3.8, 4) is 0 Å². The number of rotatable bonds is 5. The molecule has 0 saturated carbocycles. The summed E-state index contributed by atoms with van der Waals surface area (Å²) in [6, 6.07) is 4.12. The largest absolute Gasteiger partial charge is 0.382 e. The molecule has 108 valence electrons. The number of hydrogen-bond donors (Lipinski definition) is 2. The van der Waals surface area contributed by atoms with Gasteiger partial charge in [0.05, 0.1) is 6.54 Å². The summed E-state index contributed by atoms with van der Waals surface area (Å²) in [4.78, 5) is 20.3. The van der Waals surface area contributed by atoms with E-state index in [4.69, 9.17) is 5.73 Å². The first-order valence-electron chi connectivity index (χ1n) is 6.30. The highest BCUT2D eigenvalue weighted by Gasteiger charge is 2.24. The lowest BCUT2D eigenvalue weighted by atomic mass is 10.2. The summed E-state index contributed by atoms with van der Waals surface area (Å²) in [5.41, 5.74) is 5.84. The molecule has 20 heavy (non-hydrogen) atoms. The minimum atomic E-state index is -0.0649. The van der Waals surface area contributed by atoms with Crippen molar-refractivity contribution in [2.24, 2.45) is 0 Å². The average Bonchev–Trinajstić information content (AvgIpc) is 3.04. The molecule has 0 aliphatic carbocycles. The van der Waals surface area contributed by atoms with Crippen molar-refractivity contribution in [3.05, 3.63) is 27.3 Å². The Balaban J connectivity index is 2.24. The molecule has 0 atom stereocenters. The minimum Gasteiger partial charge on any atom is -0.382 e. The van der Waals surface area contributed by atoms with Crippen LogP contribution in [0.15, 0.2) is 17.5 Å². The Bertz CT molecular complexity index is 577. The molecular weight excluding hydrogens is 292 g/mol. The van der Waals surface area contributed by atoms with Crippen molar-refractivity contribution in [3.63, 3.8) is 0 Å². The van der Waals surface area contributed by atoms with Gasteiger partial charge >= 0.3 is 0 Å². The monoisotopic (exact) mass is 310 g/mol. The maximum Gasteiger partial charge on any atom is 0.268 e. The molecule has 0 aliphatic heterocycles. The van der Waals surface area contributed by atoms with Crippen LogP contribution in [0.25, 0.3) is 0 Å². The van der Waals surface area contributed by atoms with Crippen molar-refractivity contribution in [1.82, 2.24) is 9.88 Å². The number of nitrogen functional groups attached to an aromatic ring is 1. The number of thiazole rings is 1. The summed E-state index contributed by atoms with van der Waals surface area (Å²) in [6.45, 7) is 4.60. The van der Waals surface area contributed by atoms with Crippen molar-refractivity contribution in [2.75, 3.05) is 18.1 Å². The molecule has 2 aromatic rings. The zero-order valence-corrected chi connectivity index (χ0v) is 13.3. The SMILES string of the molecule is CNc1nc(N)c(C(=O)N(Cc2cccs2)C(C)C)s1. The van der Waals surface area contributed by atoms with Gasteiger partial charge in [0.1, 0.15) is 10.7 Å². The number of aromatic nitrogens is 1. The third kappa shape index (κ3) is 3.10. The van der Waals surface area contributed by atoms with Crippen LogP contribution >= 0.6 is 22.7 Å². The van der Waals surface area contributed by atoms with E-state index in [1.165, 1.54) is 11.3 Å². The van der Waals surface area contributed by atoms with Gasteiger partial charge < -0.3 is 16.0 Å². The molecule has 0 fully saturated rings. The van der Waals surface area contributed by atoms with Gasteiger partial charge in [-0.3, -0.25) is 4.79 Å². The van der Waals surface area contributed by atoms with Gasteiger partial charge in [-0.25, -0.2) is 4.98 Å². The van der Waals surface area contributed by atoms with Crippen LogP contribution in [0.4, 0.5) is 10.9 Å². The molecular formula is C13H18N4OS2. The lowest BCUT2D eigenvalue weighted by Gasteiger charge is -2.25. The van der Waals surface area contributed by atoms with Crippen LogP contribution in [-0.2, 0) is 6.54 Å². The number of nitrogens with zero attached hydrogens (tertiary/aromatic N) is 2. The normalized spacial score (nSPS) is 10.8. The quantitative estimate of drug-likeness (QED) is 0.891. The molecule has 0 spiro atoms. The van der Waals surface area contributed by atoms with Gasteiger partial charge in [-0.2, -0.15) is 0 Å². The third-order valence-corrected chi connectivity index (χ3v) is 4.79. The Morgan fingerprint density at radius 1 is 1.55 bits per heavy atom. The summed E-state index contributed by atoms with van der Waals surface area (Å²) in [5, 5.41) is 5.59. The Labute approximate surface area is 126 Å². The Hall–Kier alpha value is -1.60. The topological polar surface area (TPSA) is 71.2 Å². The van der Waals surface area contributed by atoms with Crippen molar-refractivity contribution >= 4 is 39.5 Å². The number of nitrogens with one attached hydrogen (secondary N) is 1. The second kappa shape index (κ2) is 6.23. The lowest BCUT2D eigenvalue weighted by Crippen LogP contribution is -2.36.